The highest BCUT2D eigenvalue weighted by atomic mass is 32.1. The van der Waals surface area contributed by atoms with Crippen LogP contribution in [0.15, 0.2) is 11.6 Å². The Kier molecular flexibility index (Phi) is 1.87. The molecule has 14 heavy (non-hydrogen) atoms. The van der Waals surface area contributed by atoms with E-state index in [1.807, 2.05) is 0 Å². The molecule has 1 fully saturated rings. The Morgan fingerprint density at radius 1 is 1.43 bits per heavy atom. The van der Waals surface area contributed by atoms with E-state index < -0.39 is 0 Å². The second-order valence-electron chi connectivity index (χ2n) is 4.19. The lowest BCUT2D eigenvalue weighted by atomic mass is 9.86. The molecule has 0 unspecified atom stereocenters. The first kappa shape index (κ1) is 8.48. The largest absolute Gasteiger partial charge is 0.377 e. The molecule has 2 bridgehead atoms. The van der Waals surface area contributed by atoms with Gasteiger partial charge in [-0.3, -0.25) is 0 Å². The van der Waals surface area contributed by atoms with Crippen molar-refractivity contribution in [3.8, 4) is 0 Å². The van der Waals surface area contributed by atoms with Crippen molar-refractivity contribution in [2.24, 2.45) is 5.92 Å². The third-order valence-electron chi connectivity index (χ3n) is 3.16. The van der Waals surface area contributed by atoms with E-state index in [1.165, 1.54) is 36.5 Å². The number of rotatable bonds is 1. The Hall–Kier alpha value is -0.830. The number of nitrogens with zero attached hydrogens (tertiary/aromatic N) is 2. The van der Waals surface area contributed by atoms with Gasteiger partial charge in [-0.2, -0.15) is 0 Å². The Morgan fingerprint density at radius 3 is 2.71 bits per heavy atom. The van der Waals surface area contributed by atoms with Crippen LogP contribution in [0.4, 0.5) is 0 Å². The lowest BCUT2D eigenvalue weighted by Crippen LogP contribution is -2.35. The molecule has 0 aromatic carbocycles. The molecule has 3 aliphatic heterocycles. The molecule has 0 atom stereocenters. The van der Waals surface area contributed by atoms with E-state index in [2.05, 4.69) is 28.4 Å². The van der Waals surface area contributed by atoms with Gasteiger partial charge in [0.05, 0.1) is 0 Å². The van der Waals surface area contributed by atoms with Crippen molar-refractivity contribution < 1.29 is 0 Å². The van der Waals surface area contributed by atoms with Crippen molar-refractivity contribution in [2.75, 3.05) is 13.1 Å². The first-order valence-electron chi connectivity index (χ1n) is 5.21. The number of hydrogen-bond donors (Lipinski definition) is 0. The maximum atomic E-state index is 4.58. The first-order valence-corrected chi connectivity index (χ1v) is 6.09. The minimum absolute atomic E-state index is 0.783. The summed E-state index contributed by atoms with van der Waals surface area (Å²) in [4.78, 5) is 7.01. The highest BCUT2D eigenvalue weighted by Crippen LogP contribution is 2.38. The number of thiazole rings is 1. The average molecular weight is 206 g/mol. The number of piperidine rings is 1. The maximum Gasteiger partial charge on any atom is 0.121 e. The van der Waals surface area contributed by atoms with Gasteiger partial charge in [0.15, 0.2) is 0 Å². The van der Waals surface area contributed by atoms with Gasteiger partial charge in [0.1, 0.15) is 5.01 Å². The maximum absolute atomic E-state index is 4.58. The molecule has 1 aromatic heterocycles. The summed E-state index contributed by atoms with van der Waals surface area (Å²) in [5, 5.41) is 3.39. The zero-order valence-corrected chi connectivity index (χ0v) is 9.18. The van der Waals surface area contributed by atoms with E-state index in [1.54, 1.807) is 11.3 Å². The third kappa shape index (κ3) is 1.27. The minimum atomic E-state index is 0.783. The van der Waals surface area contributed by atoms with Gasteiger partial charge in [0, 0.05) is 35.9 Å². The molecule has 74 valence electrons. The summed E-state index contributed by atoms with van der Waals surface area (Å²) in [5.74, 6) is 0.783. The quantitative estimate of drug-likeness (QED) is 0.702. The normalized spacial score (nSPS) is 21.5. The molecule has 0 spiro atoms. The number of aromatic nitrogens is 1. The number of hydrogen-bond acceptors (Lipinski definition) is 3. The SMILES string of the molecule is Cc1csc(C2=CN3CCC2CC3)n1. The zero-order chi connectivity index (χ0) is 9.54. The van der Waals surface area contributed by atoms with Gasteiger partial charge in [-0.1, -0.05) is 0 Å². The smallest absolute Gasteiger partial charge is 0.121 e. The highest BCUT2D eigenvalue weighted by Gasteiger charge is 2.28. The van der Waals surface area contributed by atoms with E-state index >= 15 is 0 Å². The van der Waals surface area contributed by atoms with Crippen molar-refractivity contribution in [1.82, 2.24) is 9.88 Å². The van der Waals surface area contributed by atoms with Crippen molar-refractivity contribution in [2.45, 2.75) is 19.8 Å². The molecule has 1 aromatic rings. The third-order valence-corrected chi connectivity index (χ3v) is 4.17. The summed E-state index contributed by atoms with van der Waals surface area (Å²) in [6, 6.07) is 0. The van der Waals surface area contributed by atoms with Crippen LogP contribution >= 0.6 is 11.3 Å². The van der Waals surface area contributed by atoms with Gasteiger partial charge in [0.25, 0.3) is 0 Å². The fourth-order valence-corrected chi connectivity index (χ4v) is 3.25. The summed E-state index contributed by atoms with van der Waals surface area (Å²) in [7, 11) is 0. The van der Waals surface area contributed by atoms with Gasteiger partial charge >= 0.3 is 0 Å². The van der Waals surface area contributed by atoms with Crippen LogP contribution in [0.2, 0.25) is 0 Å². The fourth-order valence-electron chi connectivity index (χ4n) is 2.36. The van der Waals surface area contributed by atoms with E-state index in [0.29, 0.717) is 0 Å². The molecule has 3 heteroatoms. The molecule has 2 nitrogen and oxygen atoms in total. The van der Waals surface area contributed by atoms with Crippen molar-refractivity contribution >= 4 is 16.9 Å². The minimum Gasteiger partial charge on any atom is -0.377 e. The second-order valence-corrected chi connectivity index (χ2v) is 5.05. The summed E-state index contributed by atoms with van der Waals surface area (Å²) in [6.45, 7) is 4.57. The number of aryl methyl sites for hydroxylation is 1. The Balaban J connectivity index is 1.99. The van der Waals surface area contributed by atoms with Crippen LogP contribution in [0.5, 0.6) is 0 Å². The van der Waals surface area contributed by atoms with Crippen LogP contribution in [0.3, 0.4) is 0 Å². The predicted molar refractivity (Wildman–Crippen MR) is 59.1 cm³/mol. The summed E-state index contributed by atoms with van der Waals surface area (Å²) in [6.07, 6.45) is 4.98. The molecule has 4 heterocycles. The summed E-state index contributed by atoms with van der Waals surface area (Å²) in [5.41, 5.74) is 2.64. The van der Waals surface area contributed by atoms with Crippen molar-refractivity contribution in [1.29, 1.82) is 0 Å². The van der Waals surface area contributed by atoms with E-state index in [-0.39, 0.29) is 0 Å². The van der Waals surface area contributed by atoms with Gasteiger partial charge in [-0.15, -0.1) is 11.3 Å². The van der Waals surface area contributed by atoms with Gasteiger partial charge in [-0.05, 0) is 25.7 Å². The van der Waals surface area contributed by atoms with Gasteiger partial charge in [-0.25, -0.2) is 4.98 Å². The lowest BCUT2D eigenvalue weighted by molar-refractivity contribution is 0.252. The lowest BCUT2D eigenvalue weighted by Gasteiger charge is -2.38. The molecule has 0 saturated carbocycles. The topological polar surface area (TPSA) is 16.1 Å². The van der Waals surface area contributed by atoms with Crippen LogP contribution in [0, 0.1) is 12.8 Å². The van der Waals surface area contributed by atoms with Crippen molar-refractivity contribution in [3.05, 3.63) is 22.3 Å². The first-order chi connectivity index (χ1) is 6.83. The van der Waals surface area contributed by atoms with E-state index in [0.717, 1.165) is 11.6 Å². The molecule has 3 aliphatic rings. The molecule has 0 N–H and O–H groups in total. The highest BCUT2D eigenvalue weighted by molar-refractivity contribution is 7.10. The van der Waals surface area contributed by atoms with Crippen LogP contribution < -0.4 is 0 Å². The van der Waals surface area contributed by atoms with E-state index in [4.69, 9.17) is 0 Å². The van der Waals surface area contributed by atoms with Crippen LogP contribution in [0.1, 0.15) is 23.5 Å². The van der Waals surface area contributed by atoms with Crippen molar-refractivity contribution in [3.63, 3.8) is 0 Å². The molecule has 0 amide bonds. The molecule has 1 saturated heterocycles. The summed E-state index contributed by atoms with van der Waals surface area (Å²) < 4.78 is 0. The molecule has 0 radical (unpaired) electrons. The van der Waals surface area contributed by atoms with Crippen LogP contribution in [-0.2, 0) is 0 Å². The molecular weight excluding hydrogens is 192 g/mol. The molecule has 0 aliphatic carbocycles. The monoisotopic (exact) mass is 206 g/mol. The number of fused-ring (bicyclic) bond motifs is 2. The predicted octanol–water partition coefficient (Wildman–Crippen LogP) is 2.52. The van der Waals surface area contributed by atoms with E-state index in [9.17, 15) is 0 Å². The summed E-state index contributed by atoms with van der Waals surface area (Å²) >= 11 is 1.79. The van der Waals surface area contributed by atoms with Gasteiger partial charge in [0.2, 0.25) is 0 Å². The zero-order valence-electron chi connectivity index (χ0n) is 8.36. The average Bonchev–Trinajstić information content (AvgIpc) is 2.66. The number of allylic oxidation sites excluding steroid dienone is 1. The van der Waals surface area contributed by atoms with Crippen LogP contribution in [0.25, 0.3) is 5.57 Å². The second kappa shape index (κ2) is 3.09. The van der Waals surface area contributed by atoms with Gasteiger partial charge < -0.3 is 4.90 Å². The molecule has 4 rings (SSSR count). The Bertz CT molecular complexity index is 372. The Morgan fingerprint density at radius 2 is 2.21 bits per heavy atom. The fraction of sp³-hybridized carbons (Fsp3) is 0.545. The Labute approximate surface area is 88.3 Å². The molecular formula is C11H14N2S. The van der Waals surface area contributed by atoms with Crippen LogP contribution in [-0.4, -0.2) is 23.0 Å². The standard InChI is InChI=1S/C11H14N2S/c1-8-7-14-11(12-8)10-6-13-4-2-9(10)3-5-13/h6-7,9H,2-5H2,1H3.